The van der Waals surface area contributed by atoms with Gasteiger partial charge in [0.25, 0.3) is 0 Å². The SMILES string of the molecule is [2H]c1cc([2H])c2c(c1[2H])c1c([2H])c([2H])cc([2H])c1n2-c1cc(-c2ccccc2)cc(-c2nc(-c3ccccc3)nc(-c3cccc4c5ccccc5n(-c5ccccc5)c34)n2)c1. The van der Waals surface area contributed by atoms with E-state index in [4.69, 9.17) is 23.2 Å². The lowest BCUT2D eigenvalue weighted by atomic mass is 10.0. The van der Waals surface area contributed by atoms with Crippen molar-refractivity contribution in [3.8, 4) is 56.7 Å². The van der Waals surface area contributed by atoms with Crippen LogP contribution in [-0.4, -0.2) is 24.1 Å². The molecule has 0 N–H and O–H groups in total. The van der Waals surface area contributed by atoms with Crippen molar-refractivity contribution < 1.29 is 8.22 Å². The molecule has 0 fully saturated rings. The number of benzene rings is 8. The Morgan fingerprint density at radius 1 is 0.357 bits per heavy atom. The van der Waals surface area contributed by atoms with Gasteiger partial charge in [0.1, 0.15) is 0 Å². The van der Waals surface area contributed by atoms with Crippen molar-refractivity contribution in [3.63, 3.8) is 0 Å². The van der Waals surface area contributed by atoms with Gasteiger partial charge in [0.15, 0.2) is 17.5 Å². The fourth-order valence-electron chi connectivity index (χ4n) is 7.83. The van der Waals surface area contributed by atoms with E-state index in [1.807, 2.05) is 121 Å². The van der Waals surface area contributed by atoms with Crippen LogP contribution in [0.25, 0.3) is 100 Å². The van der Waals surface area contributed by atoms with Gasteiger partial charge in [0.05, 0.1) is 30.3 Å². The Bertz CT molecular complexity index is 3520. The van der Waals surface area contributed by atoms with E-state index >= 15 is 0 Å². The van der Waals surface area contributed by atoms with E-state index in [9.17, 15) is 0 Å². The van der Waals surface area contributed by atoms with Gasteiger partial charge < -0.3 is 9.13 Å². The molecule has 0 aliphatic rings. The van der Waals surface area contributed by atoms with Crippen LogP contribution in [0, 0.1) is 0 Å². The van der Waals surface area contributed by atoms with Crippen LogP contribution in [-0.2, 0) is 0 Å². The van der Waals surface area contributed by atoms with Gasteiger partial charge in [-0.15, -0.1) is 0 Å². The van der Waals surface area contributed by atoms with Gasteiger partial charge in [-0.3, -0.25) is 0 Å². The average molecular weight is 722 g/mol. The van der Waals surface area contributed by atoms with E-state index in [0.29, 0.717) is 28.7 Å². The van der Waals surface area contributed by atoms with Crippen molar-refractivity contribution in [1.29, 1.82) is 0 Å². The van der Waals surface area contributed by atoms with Crippen LogP contribution >= 0.6 is 0 Å². The van der Waals surface area contributed by atoms with Crippen molar-refractivity contribution in [2.24, 2.45) is 0 Å². The summed E-state index contributed by atoms with van der Waals surface area (Å²) in [5.41, 5.74) is 8.00. The molecule has 0 atom stereocenters. The van der Waals surface area contributed by atoms with Crippen molar-refractivity contribution in [3.05, 3.63) is 200 Å². The number of para-hydroxylation sites is 5. The van der Waals surface area contributed by atoms with Crippen molar-refractivity contribution in [2.75, 3.05) is 0 Å². The molecule has 0 aliphatic heterocycles. The smallest absolute Gasteiger partial charge is 0.166 e. The molecule has 0 saturated carbocycles. The minimum atomic E-state index is -0.172. The minimum absolute atomic E-state index is 0.0371. The van der Waals surface area contributed by atoms with Crippen molar-refractivity contribution in [2.45, 2.75) is 0 Å². The molecule has 3 heterocycles. The molecular weight excluding hydrogens is 683 g/mol. The van der Waals surface area contributed by atoms with Crippen LogP contribution < -0.4 is 0 Å². The Labute approximate surface area is 331 Å². The maximum absolute atomic E-state index is 9.16. The number of hydrogen-bond donors (Lipinski definition) is 0. The molecule has 5 nitrogen and oxygen atoms in total. The second kappa shape index (κ2) is 13.0. The van der Waals surface area contributed by atoms with Gasteiger partial charge in [-0.2, -0.15) is 0 Å². The Balaban J connectivity index is 1.24. The molecule has 0 unspecified atom stereocenters. The highest BCUT2D eigenvalue weighted by Gasteiger charge is 2.21. The fourth-order valence-corrected chi connectivity index (χ4v) is 7.83. The highest BCUT2D eigenvalue weighted by atomic mass is 15.1. The third-order valence-electron chi connectivity index (χ3n) is 10.3. The highest BCUT2D eigenvalue weighted by molar-refractivity contribution is 6.13. The standard InChI is InChI=1S/C51H33N5/c1-4-17-34(18-5-1)36-31-37(33-39(32-36)55-45-28-13-10-23-40(45)41-24-11-14-29-46(41)55)50-52-49(35-19-6-2-7-20-35)53-51(54-50)44-27-16-26-43-42-25-12-15-30-47(42)56(48(43)44)38-21-8-3-9-22-38/h1-33H/i10D,11D,23D,24D,28D,29D. The van der Waals surface area contributed by atoms with Crippen LogP contribution in [0.5, 0.6) is 0 Å². The Kier molecular flexibility index (Phi) is 6.10. The topological polar surface area (TPSA) is 48.5 Å². The van der Waals surface area contributed by atoms with Crippen LogP contribution in [0.4, 0.5) is 0 Å². The number of nitrogens with zero attached hydrogens (tertiary/aromatic N) is 5. The van der Waals surface area contributed by atoms with E-state index in [1.54, 1.807) is 4.57 Å². The van der Waals surface area contributed by atoms with E-state index in [-0.39, 0.29) is 58.1 Å². The van der Waals surface area contributed by atoms with E-state index in [2.05, 4.69) is 34.9 Å². The number of fused-ring (bicyclic) bond motifs is 6. The monoisotopic (exact) mass is 721 g/mol. The number of hydrogen-bond acceptors (Lipinski definition) is 3. The molecule has 0 spiro atoms. The molecule has 0 bridgehead atoms. The first kappa shape index (κ1) is 26.2. The zero-order valence-electron chi connectivity index (χ0n) is 35.8. The zero-order chi connectivity index (χ0) is 42.2. The quantitative estimate of drug-likeness (QED) is 0.172. The Morgan fingerprint density at radius 2 is 0.929 bits per heavy atom. The summed E-state index contributed by atoms with van der Waals surface area (Å²) in [7, 11) is 0. The molecule has 8 aromatic carbocycles. The summed E-state index contributed by atoms with van der Waals surface area (Å²) in [4.78, 5) is 15.6. The minimum Gasteiger partial charge on any atom is -0.309 e. The molecule has 3 aromatic heterocycles. The molecule has 262 valence electrons. The fraction of sp³-hybridized carbons (Fsp3) is 0. The van der Waals surface area contributed by atoms with Gasteiger partial charge in [-0.05, 0) is 65.7 Å². The second-order valence-corrected chi connectivity index (χ2v) is 13.6. The summed E-state index contributed by atoms with van der Waals surface area (Å²) in [5, 5.41) is 2.53. The van der Waals surface area contributed by atoms with Gasteiger partial charge >= 0.3 is 0 Å². The van der Waals surface area contributed by atoms with Gasteiger partial charge in [0, 0.05) is 49.6 Å². The molecule has 0 saturated heterocycles. The lowest BCUT2D eigenvalue weighted by Gasteiger charge is -2.15. The van der Waals surface area contributed by atoms with Crippen molar-refractivity contribution in [1.82, 2.24) is 24.1 Å². The molecule has 0 radical (unpaired) electrons. The first-order chi connectivity index (χ1) is 30.2. The summed E-state index contributed by atoms with van der Waals surface area (Å²) in [6, 6.07) is 52.2. The molecule has 5 heteroatoms. The summed E-state index contributed by atoms with van der Waals surface area (Å²) < 4.78 is 57.3. The largest absolute Gasteiger partial charge is 0.309 e. The second-order valence-electron chi connectivity index (χ2n) is 13.6. The number of aromatic nitrogens is 5. The lowest BCUT2D eigenvalue weighted by molar-refractivity contribution is 1.07. The van der Waals surface area contributed by atoms with Crippen LogP contribution in [0.3, 0.4) is 0 Å². The average Bonchev–Trinajstić information content (AvgIpc) is 3.86. The molecule has 56 heavy (non-hydrogen) atoms. The first-order valence-corrected chi connectivity index (χ1v) is 18.4. The molecular formula is C51H33N5. The number of rotatable bonds is 6. The Morgan fingerprint density at radius 3 is 1.64 bits per heavy atom. The van der Waals surface area contributed by atoms with E-state index < -0.39 is 0 Å². The lowest BCUT2D eigenvalue weighted by Crippen LogP contribution is -2.03. The van der Waals surface area contributed by atoms with Gasteiger partial charge in [-0.25, -0.2) is 15.0 Å². The summed E-state index contributed by atoms with van der Waals surface area (Å²) >= 11 is 0. The molecule has 0 amide bonds. The maximum atomic E-state index is 9.16. The molecule has 11 aromatic rings. The van der Waals surface area contributed by atoms with E-state index in [0.717, 1.165) is 49.7 Å². The summed E-state index contributed by atoms with van der Waals surface area (Å²) in [6.07, 6.45) is 0. The molecule has 0 aliphatic carbocycles. The predicted octanol–water partition coefficient (Wildman–Crippen LogP) is 12.7. The first-order valence-electron chi connectivity index (χ1n) is 21.4. The summed E-state index contributed by atoms with van der Waals surface area (Å²) in [6.45, 7) is 0. The molecule has 11 rings (SSSR count). The summed E-state index contributed by atoms with van der Waals surface area (Å²) in [5.74, 6) is 1.32. The van der Waals surface area contributed by atoms with Crippen LogP contribution in [0.15, 0.2) is 200 Å². The Hall–Kier alpha value is -7.63. The maximum Gasteiger partial charge on any atom is 0.166 e. The van der Waals surface area contributed by atoms with Crippen LogP contribution in [0.2, 0.25) is 0 Å². The highest BCUT2D eigenvalue weighted by Crippen LogP contribution is 2.39. The third kappa shape index (κ3) is 5.21. The zero-order valence-corrected chi connectivity index (χ0v) is 29.8. The third-order valence-corrected chi connectivity index (χ3v) is 10.3. The van der Waals surface area contributed by atoms with Crippen molar-refractivity contribution >= 4 is 43.6 Å². The normalized spacial score (nSPS) is 13.1. The van der Waals surface area contributed by atoms with E-state index in [1.165, 1.54) is 12.1 Å². The predicted molar refractivity (Wildman–Crippen MR) is 230 cm³/mol. The van der Waals surface area contributed by atoms with Gasteiger partial charge in [-0.1, -0.05) is 145 Å². The van der Waals surface area contributed by atoms with Gasteiger partial charge in [0.2, 0.25) is 0 Å². The van der Waals surface area contributed by atoms with Crippen LogP contribution in [0.1, 0.15) is 8.22 Å².